The van der Waals surface area contributed by atoms with Gasteiger partial charge in [0.05, 0.1) is 27.5 Å². The number of carbonyl (C=O) groups is 1. The standard InChI is InChI=1S/C19H21Cl2N3O/c1-24(14-6-3-2-4-7-14)17-11-10-13(12-22-17)23-19(25)18-15(20)8-5-9-16(18)21/h5,8-12,14H,2-4,6-7H2,1H3,(H,23,25). The number of pyridine rings is 1. The van der Waals surface area contributed by atoms with Crippen molar-refractivity contribution in [1.29, 1.82) is 0 Å². The minimum Gasteiger partial charge on any atom is -0.357 e. The lowest BCUT2D eigenvalue weighted by molar-refractivity contribution is 0.102. The number of carbonyl (C=O) groups excluding carboxylic acids is 1. The van der Waals surface area contributed by atoms with Gasteiger partial charge in [-0.15, -0.1) is 0 Å². The minimum atomic E-state index is -0.342. The first-order chi connectivity index (χ1) is 12.1. The Balaban J connectivity index is 1.69. The molecule has 0 unspecified atom stereocenters. The Morgan fingerprint density at radius 3 is 2.40 bits per heavy atom. The van der Waals surface area contributed by atoms with Crippen LogP contribution in [0.1, 0.15) is 42.5 Å². The lowest BCUT2D eigenvalue weighted by atomic mass is 9.94. The molecule has 0 saturated heterocycles. The van der Waals surface area contributed by atoms with Gasteiger partial charge in [-0.05, 0) is 37.1 Å². The second kappa shape index (κ2) is 8.07. The quantitative estimate of drug-likeness (QED) is 0.774. The van der Waals surface area contributed by atoms with Crippen molar-refractivity contribution in [1.82, 2.24) is 4.98 Å². The predicted molar refractivity (Wildman–Crippen MR) is 104 cm³/mol. The number of rotatable bonds is 4. The van der Waals surface area contributed by atoms with Crippen LogP contribution in [0.5, 0.6) is 0 Å². The highest BCUT2D eigenvalue weighted by atomic mass is 35.5. The fourth-order valence-electron chi connectivity index (χ4n) is 3.23. The third kappa shape index (κ3) is 4.25. The van der Waals surface area contributed by atoms with E-state index in [1.165, 1.54) is 32.1 Å². The lowest BCUT2D eigenvalue weighted by Crippen LogP contribution is -2.33. The second-order valence-electron chi connectivity index (χ2n) is 6.36. The molecule has 1 aliphatic carbocycles. The fourth-order valence-corrected chi connectivity index (χ4v) is 3.80. The van der Waals surface area contributed by atoms with E-state index in [-0.39, 0.29) is 11.5 Å². The molecule has 1 aromatic heterocycles. The first kappa shape index (κ1) is 18.0. The van der Waals surface area contributed by atoms with Crippen LogP contribution in [0.2, 0.25) is 10.0 Å². The largest absolute Gasteiger partial charge is 0.357 e. The van der Waals surface area contributed by atoms with E-state index in [9.17, 15) is 4.79 Å². The summed E-state index contributed by atoms with van der Waals surface area (Å²) in [6.45, 7) is 0. The van der Waals surface area contributed by atoms with Crippen LogP contribution in [-0.4, -0.2) is 24.0 Å². The molecule has 1 amide bonds. The Kier molecular flexibility index (Phi) is 5.82. The monoisotopic (exact) mass is 377 g/mol. The summed E-state index contributed by atoms with van der Waals surface area (Å²) in [4.78, 5) is 19.1. The van der Waals surface area contributed by atoms with Crippen LogP contribution >= 0.6 is 23.2 Å². The van der Waals surface area contributed by atoms with Gasteiger partial charge in [0.2, 0.25) is 0 Å². The van der Waals surface area contributed by atoms with Gasteiger partial charge in [-0.2, -0.15) is 0 Å². The predicted octanol–water partition coefficient (Wildman–Crippen LogP) is 5.41. The molecular formula is C19H21Cl2N3O. The number of amides is 1. The Morgan fingerprint density at radius 1 is 1.12 bits per heavy atom. The number of aromatic nitrogens is 1. The van der Waals surface area contributed by atoms with Crippen molar-refractivity contribution < 1.29 is 4.79 Å². The molecule has 1 aromatic carbocycles. The molecule has 1 aliphatic rings. The summed E-state index contributed by atoms with van der Waals surface area (Å²) in [5, 5.41) is 3.45. The molecule has 1 fully saturated rings. The number of hydrogen-bond donors (Lipinski definition) is 1. The number of benzene rings is 1. The highest BCUT2D eigenvalue weighted by Gasteiger charge is 2.19. The number of halogens is 2. The molecule has 4 nitrogen and oxygen atoms in total. The van der Waals surface area contributed by atoms with E-state index in [4.69, 9.17) is 23.2 Å². The lowest BCUT2D eigenvalue weighted by Gasteiger charge is -2.32. The van der Waals surface area contributed by atoms with E-state index < -0.39 is 0 Å². The highest BCUT2D eigenvalue weighted by molar-refractivity contribution is 6.40. The zero-order valence-corrected chi connectivity index (χ0v) is 15.6. The summed E-state index contributed by atoms with van der Waals surface area (Å²) in [6.07, 6.45) is 7.97. The van der Waals surface area contributed by atoms with E-state index in [1.807, 2.05) is 12.1 Å². The summed E-state index contributed by atoms with van der Waals surface area (Å²) in [5.41, 5.74) is 0.885. The highest BCUT2D eigenvalue weighted by Crippen LogP contribution is 2.27. The second-order valence-corrected chi connectivity index (χ2v) is 7.17. The van der Waals surface area contributed by atoms with Crippen LogP contribution in [-0.2, 0) is 0 Å². The molecule has 3 rings (SSSR count). The number of nitrogens with zero attached hydrogens (tertiary/aromatic N) is 2. The molecule has 25 heavy (non-hydrogen) atoms. The Hall–Kier alpha value is -1.78. The van der Waals surface area contributed by atoms with Gasteiger partial charge in [-0.1, -0.05) is 48.5 Å². The van der Waals surface area contributed by atoms with Gasteiger partial charge >= 0.3 is 0 Å². The normalized spacial score (nSPS) is 15.0. The van der Waals surface area contributed by atoms with Gasteiger partial charge in [-0.3, -0.25) is 4.79 Å². The molecule has 1 saturated carbocycles. The SMILES string of the molecule is CN(c1ccc(NC(=O)c2c(Cl)cccc2Cl)cn1)C1CCCCC1. The first-order valence-electron chi connectivity index (χ1n) is 8.50. The first-order valence-corrected chi connectivity index (χ1v) is 9.26. The van der Waals surface area contributed by atoms with Gasteiger partial charge in [0.25, 0.3) is 5.91 Å². The third-order valence-electron chi connectivity index (χ3n) is 4.68. The zero-order chi connectivity index (χ0) is 17.8. The fraction of sp³-hybridized carbons (Fsp3) is 0.368. The van der Waals surface area contributed by atoms with Crippen LogP contribution in [0.3, 0.4) is 0 Å². The van der Waals surface area contributed by atoms with Crippen molar-refractivity contribution in [3.05, 3.63) is 52.1 Å². The van der Waals surface area contributed by atoms with E-state index in [0.29, 0.717) is 21.8 Å². The Labute approximate surface area is 158 Å². The Morgan fingerprint density at radius 2 is 1.80 bits per heavy atom. The summed E-state index contributed by atoms with van der Waals surface area (Å²) >= 11 is 12.2. The van der Waals surface area contributed by atoms with Crippen molar-refractivity contribution in [2.45, 2.75) is 38.1 Å². The van der Waals surface area contributed by atoms with Crippen LogP contribution < -0.4 is 10.2 Å². The van der Waals surface area contributed by atoms with E-state index in [2.05, 4.69) is 22.2 Å². The molecule has 6 heteroatoms. The molecular weight excluding hydrogens is 357 g/mol. The molecule has 132 valence electrons. The summed E-state index contributed by atoms with van der Waals surface area (Å²) in [7, 11) is 2.08. The number of anilines is 2. The number of hydrogen-bond acceptors (Lipinski definition) is 3. The van der Waals surface area contributed by atoms with Crippen LogP contribution in [0.4, 0.5) is 11.5 Å². The van der Waals surface area contributed by atoms with Crippen LogP contribution in [0.25, 0.3) is 0 Å². The van der Waals surface area contributed by atoms with E-state index in [1.54, 1.807) is 24.4 Å². The van der Waals surface area contributed by atoms with Gasteiger partial charge < -0.3 is 10.2 Å². The van der Waals surface area contributed by atoms with Crippen molar-refractivity contribution in [2.75, 3.05) is 17.3 Å². The average Bonchev–Trinajstić information content (AvgIpc) is 2.62. The molecule has 0 radical (unpaired) electrons. The maximum atomic E-state index is 12.4. The molecule has 2 aromatic rings. The van der Waals surface area contributed by atoms with Crippen molar-refractivity contribution >= 4 is 40.6 Å². The van der Waals surface area contributed by atoms with Gasteiger partial charge in [0.1, 0.15) is 5.82 Å². The van der Waals surface area contributed by atoms with E-state index >= 15 is 0 Å². The van der Waals surface area contributed by atoms with E-state index in [0.717, 1.165) is 5.82 Å². The molecule has 0 aliphatic heterocycles. The molecule has 0 atom stereocenters. The maximum Gasteiger partial charge on any atom is 0.258 e. The van der Waals surface area contributed by atoms with Crippen molar-refractivity contribution in [3.8, 4) is 0 Å². The maximum absolute atomic E-state index is 12.4. The molecule has 1 N–H and O–H groups in total. The van der Waals surface area contributed by atoms with Gasteiger partial charge in [-0.25, -0.2) is 4.98 Å². The van der Waals surface area contributed by atoms with Crippen molar-refractivity contribution in [2.24, 2.45) is 0 Å². The Bertz CT molecular complexity index is 723. The van der Waals surface area contributed by atoms with Gasteiger partial charge in [0.15, 0.2) is 0 Å². The summed E-state index contributed by atoms with van der Waals surface area (Å²) in [5.74, 6) is 0.575. The average molecular weight is 378 g/mol. The van der Waals surface area contributed by atoms with Crippen LogP contribution in [0.15, 0.2) is 36.5 Å². The minimum absolute atomic E-state index is 0.272. The smallest absolute Gasteiger partial charge is 0.258 e. The molecule has 1 heterocycles. The third-order valence-corrected chi connectivity index (χ3v) is 5.31. The summed E-state index contributed by atoms with van der Waals surface area (Å²) in [6, 6.07) is 9.32. The van der Waals surface area contributed by atoms with Crippen molar-refractivity contribution in [3.63, 3.8) is 0 Å². The topological polar surface area (TPSA) is 45.2 Å². The van der Waals surface area contributed by atoms with Crippen LogP contribution in [0, 0.1) is 0 Å². The molecule has 0 spiro atoms. The van der Waals surface area contributed by atoms with Gasteiger partial charge in [0, 0.05) is 13.1 Å². The molecule has 0 bridgehead atoms. The number of nitrogens with one attached hydrogen (secondary N) is 1. The zero-order valence-electron chi connectivity index (χ0n) is 14.1. The summed E-state index contributed by atoms with van der Waals surface area (Å²) < 4.78 is 0.